The van der Waals surface area contributed by atoms with Crippen molar-refractivity contribution in [3.8, 4) is 0 Å². The van der Waals surface area contributed by atoms with E-state index in [1.807, 2.05) is 18.2 Å². The van der Waals surface area contributed by atoms with Gasteiger partial charge in [-0.2, -0.15) is 0 Å². The number of rotatable bonds is 8. The molecule has 1 saturated carbocycles. The molecule has 1 aliphatic carbocycles. The number of hydrogen-bond acceptors (Lipinski definition) is 4. The molecule has 0 spiro atoms. The summed E-state index contributed by atoms with van der Waals surface area (Å²) in [6.07, 6.45) is 7.59. The van der Waals surface area contributed by atoms with E-state index >= 15 is 0 Å². The molecule has 3 rings (SSSR count). The van der Waals surface area contributed by atoms with E-state index in [1.54, 1.807) is 6.07 Å². The third-order valence-corrected chi connectivity index (χ3v) is 5.32. The zero-order chi connectivity index (χ0) is 19.1. The van der Waals surface area contributed by atoms with E-state index in [4.69, 9.17) is 17.0 Å². The second kappa shape index (κ2) is 9.80. The lowest BCUT2D eigenvalue weighted by Crippen LogP contribution is -2.29. The van der Waals surface area contributed by atoms with Gasteiger partial charge in [0.05, 0.1) is 17.0 Å². The number of aromatic amines is 1. The average molecular weight is 390 g/mol. The third-order valence-electron chi connectivity index (χ3n) is 5.00. The summed E-state index contributed by atoms with van der Waals surface area (Å²) < 4.78 is 7.64. The highest BCUT2D eigenvalue weighted by Crippen LogP contribution is 2.20. The lowest BCUT2D eigenvalue weighted by Gasteiger charge is -2.21. The number of H-pyrrole nitrogens is 1. The highest BCUT2D eigenvalue weighted by atomic mass is 32.1. The Bertz CT molecular complexity index is 884. The molecule has 2 N–H and O–H groups in total. The predicted octanol–water partition coefficient (Wildman–Crippen LogP) is 3.30. The van der Waals surface area contributed by atoms with Crippen molar-refractivity contribution in [1.82, 2.24) is 14.9 Å². The summed E-state index contributed by atoms with van der Waals surface area (Å²) in [5.74, 6) is -0.0814. The number of fused-ring (bicyclic) bond motifs is 1. The number of carbonyl (C=O) groups excluding carboxylic acids is 1. The fraction of sp³-hybridized carbons (Fsp3) is 0.550. The minimum Gasteiger partial charge on any atom is -0.378 e. The molecule has 1 aromatic heterocycles. The number of nitrogens with zero attached hydrogens (tertiary/aromatic N) is 1. The molecule has 1 aromatic carbocycles. The second-order valence-electron chi connectivity index (χ2n) is 7.02. The van der Waals surface area contributed by atoms with Crippen LogP contribution in [0.5, 0.6) is 0 Å². The molecule has 1 heterocycles. The van der Waals surface area contributed by atoms with Crippen LogP contribution in [0.15, 0.2) is 29.1 Å². The Labute approximate surface area is 163 Å². The quantitative estimate of drug-likeness (QED) is 0.536. The molecular formula is C20H27N3O3S. The standard InChI is InChI=1S/C20H27N3O3S/c24-18(21-12-6-14-26-15-7-2-1-3-8-15)11-13-23-19(25)16-9-4-5-10-17(16)22-20(23)27/h4-5,9-10,15H,1-3,6-8,11-14H2,(H,21,24)(H,22,27). The van der Waals surface area contributed by atoms with E-state index in [0.717, 1.165) is 19.3 Å². The van der Waals surface area contributed by atoms with Crippen LogP contribution < -0.4 is 10.9 Å². The van der Waals surface area contributed by atoms with Gasteiger partial charge in [-0.25, -0.2) is 0 Å². The summed E-state index contributed by atoms with van der Waals surface area (Å²) in [5, 5.41) is 3.46. The molecule has 1 aliphatic rings. The molecular weight excluding hydrogens is 362 g/mol. The number of carbonyl (C=O) groups is 1. The van der Waals surface area contributed by atoms with Crippen molar-refractivity contribution >= 4 is 29.0 Å². The van der Waals surface area contributed by atoms with Crippen LogP contribution in [-0.2, 0) is 16.1 Å². The van der Waals surface area contributed by atoms with Gasteiger partial charge in [-0.05, 0) is 43.6 Å². The minimum atomic E-state index is -0.164. The van der Waals surface area contributed by atoms with E-state index < -0.39 is 0 Å². The van der Waals surface area contributed by atoms with Crippen LogP contribution in [-0.4, -0.2) is 34.7 Å². The predicted molar refractivity (Wildman–Crippen MR) is 108 cm³/mol. The summed E-state index contributed by atoms with van der Waals surface area (Å²) in [5.41, 5.74) is 0.550. The Morgan fingerprint density at radius 1 is 1.26 bits per heavy atom. The van der Waals surface area contributed by atoms with E-state index in [1.165, 1.54) is 23.8 Å². The number of aromatic nitrogens is 2. The summed E-state index contributed by atoms with van der Waals surface area (Å²) in [6.45, 7) is 1.54. The first-order valence-electron chi connectivity index (χ1n) is 9.75. The SMILES string of the molecule is O=C(CCn1c(=S)[nH]c2ccccc2c1=O)NCCCOC1CCCCC1. The Kier molecular flexibility index (Phi) is 7.18. The van der Waals surface area contributed by atoms with Crippen LogP contribution in [0.1, 0.15) is 44.9 Å². The van der Waals surface area contributed by atoms with Crippen molar-refractivity contribution in [2.45, 2.75) is 57.6 Å². The molecule has 0 unspecified atom stereocenters. The monoisotopic (exact) mass is 389 g/mol. The van der Waals surface area contributed by atoms with Crippen LogP contribution >= 0.6 is 12.2 Å². The number of ether oxygens (including phenoxy) is 1. The molecule has 146 valence electrons. The molecule has 0 saturated heterocycles. The molecule has 6 nitrogen and oxygen atoms in total. The first kappa shape index (κ1) is 19.8. The number of benzene rings is 1. The van der Waals surface area contributed by atoms with Gasteiger partial charge in [0.25, 0.3) is 5.56 Å². The maximum absolute atomic E-state index is 12.5. The summed E-state index contributed by atoms with van der Waals surface area (Å²) in [6, 6.07) is 7.24. The van der Waals surface area contributed by atoms with Crippen LogP contribution in [0.2, 0.25) is 0 Å². The van der Waals surface area contributed by atoms with Crippen molar-refractivity contribution in [3.05, 3.63) is 39.4 Å². The largest absolute Gasteiger partial charge is 0.378 e. The van der Waals surface area contributed by atoms with Gasteiger partial charge in [-0.3, -0.25) is 14.2 Å². The van der Waals surface area contributed by atoms with Crippen molar-refractivity contribution in [1.29, 1.82) is 0 Å². The van der Waals surface area contributed by atoms with Gasteiger partial charge in [-0.1, -0.05) is 31.4 Å². The van der Waals surface area contributed by atoms with Gasteiger partial charge in [0.2, 0.25) is 5.91 Å². The fourth-order valence-corrected chi connectivity index (χ4v) is 3.77. The van der Waals surface area contributed by atoms with Gasteiger partial charge >= 0.3 is 0 Å². The molecule has 1 amide bonds. The summed E-state index contributed by atoms with van der Waals surface area (Å²) in [4.78, 5) is 27.6. The smallest absolute Gasteiger partial charge is 0.262 e. The van der Waals surface area contributed by atoms with Crippen LogP contribution in [0.4, 0.5) is 0 Å². The summed E-state index contributed by atoms with van der Waals surface area (Å²) >= 11 is 5.26. The number of hydrogen-bond donors (Lipinski definition) is 2. The molecule has 27 heavy (non-hydrogen) atoms. The number of para-hydroxylation sites is 1. The Hall–Kier alpha value is -1.99. The molecule has 0 aliphatic heterocycles. The Balaban J connectivity index is 1.42. The van der Waals surface area contributed by atoms with Gasteiger partial charge in [0, 0.05) is 26.1 Å². The first-order valence-corrected chi connectivity index (χ1v) is 10.2. The number of amides is 1. The van der Waals surface area contributed by atoms with Gasteiger partial charge in [-0.15, -0.1) is 0 Å². The summed E-state index contributed by atoms with van der Waals surface area (Å²) in [7, 11) is 0. The molecule has 1 fully saturated rings. The first-order chi connectivity index (χ1) is 13.1. The van der Waals surface area contributed by atoms with Crippen molar-refractivity contribution in [2.24, 2.45) is 0 Å². The average Bonchev–Trinajstić information content (AvgIpc) is 2.68. The number of nitrogens with one attached hydrogen (secondary N) is 2. The molecule has 0 atom stereocenters. The zero-order valence-corrected chi connectivity index (χ0v) is 16.4. The lowest BCUT2D eigenvalue weighted by atomic mass is 9.98. The third kappa shape index (κ3) is 5.49. The van der Waals surface area contributed by atoms with Crippen molar-refractivity contribution < 1.29 is 9.53 Å². The molecule has 0 bridgehead atoms. The molecule has 0 radical (unpaired) electrons. The van der Waals surface area contributed by atoms with Crippen LogP contribution in [0.3, 0.4) is 0 Å². The Morgan fingerprint density at radius 3 is 2.85 bits per heavy atom. The van der Waals surface area contributed by atoms with Crippen LogP contribution in [0.25, 0.3) is 10.9 Å². The highest BCUT2D eigenvalue weighted by Gasteiger charge is 2.13. The van der Waals surface area contributed by atoms with Crippen molar-refractivity contribution in [2.75, 3.05) is 13.2 Å². The normalized spacial score (nSPS) is 15.1. The Morgan fingerprint density at radius 2 is 2.04 bits per heavy atom. The van der Waals surface area contributed by atoms with Gasteiger partial charge in [0.1, 0.15) is 0 Å². The van der Waals surface area contributed by atoms with E-state index in [9.17, 15) is 9.59 Å². The topological polar surface area (TPSA) is 76.1 Å². The van der Waals surface area contributed by atoms with Gasteiger partial charge in [0.15, 0.2) is 4.77 Å². The molecule has 2 aromatic rings. The van der Waals surface area contributed by atoms with E-state index in [2.05, 4.69) is 10.3 Å². The van der Waals surface area contributed by atoms with E-state index in [-0.39, 0.29) is 24.4 Å². The maximum Gasteiger partial charge on any atom is 0.262 e. The van der Waals surface area contributed by atoms with Gasteiger partial charge < -0.3 is 15.0 Å². The maximum atomic E-state index is 12.5. The highest BCUT2D eigenvalue weighted by molar-refractivity contribution is 7.71. The van der Waals surface area contributed by atoms with Crippen LogP contribution in [0, 0.1) is 4.77 Å². The second-order valence-corrected chi connectivity index (χ2v) is 7.40. The lowest BCUT2D eigenvalue weighted by molar-refractivity contribution is -0.121. The van der Waals surface area contributed by atoms with E-state index in [0.29, 0.717) is 34.9 Å². The zero-order valence-electron chi connectivity index (χ0n) is 15.5. The minimum absolute atomic E-state index is 0.0814. The molecule has 7 heteroatoms. The van der Waals surface area contributed by atoms with Crippen molar-refractivity contribution in [3.63, 3.8) is 0 Å². The fourth-order valence-electron chi connectivity index (χ4n) is 3.49.